The molecule has 0 radical (unpaired) electrons. The van der Waals surface area contributed by atoms with Crippen molar-refractivity contribution in [3.05, 3.63) is 0 Å². The Labute approximate surface area is 73.7 Å². The molecule has 1 saturated heterocycles. The fourth-order valence-electron chi connectivity index (χ4n) is 0.864. The van der Waals surface area contributed by atoms with Crippen LogP contribution in [0.15, 0.2) is 0 Å². The molecule has 0 spiro atoms. The first-order chi connectivity index (χ1) is 4.91. The molecule has 56 valence electrons. The summed E-state index contributed by atoms with van der Waals surface area (Å²) in [5.41, 5.74) is 0. The Bertz CT molecular complexity index is 43.6. The van der Waals surface area contributed by atoms with E-state index in [9.17, 15) is 0 Å². The van der Waals surface area contributed by atoms with E-state index >= 15 is 0 Å². The molecule has 0 aromatic rings. The second-order valence-corrected chi connectivity index (χ2v) is 2.67. The molecule has 0 aromatic heterocycles. The Hall–Kier alpha value is 0.557. The summed E-state index contributed by atoms with van der Waals surface area (Å²) < 4.78 is 4.94. The first kappa shape index (κ1) is 10.6. The van der Waals surface area contributed by atoms with Gasteiger partial charge >= 0.3 is 42.6 Å². The standard InChI is InChI=1S/C4H8O.C4H9.Li/c1-2-4-5-3-1;1-3-4-2;/h1-4H2;1,3-4H2,2H3;. The average molecular weight is 136 g/mol. The number of ether oxygens (including phenoxy) is 1. The predicted octanol–water partition coefficient (Wildman–Crippen LogP) is 2.17. The molecule has 1 nitrogen and oxygen atoms in total. The SMILES string of the molecule is C1CCOC1.[Li][CH2]CCC. The molecule has 2 heteroatoms. The molecule has 1 heterocycles. The van der Waals surface area contributed by atoms with Crippen molar-refractivity contribution in [2.24, 2.45) is 0 Å². The number of unbranched alkanes of at least 4 members (excludes halogenated alkanes) is 1. The van der Waals surface area contributed by atoms with Gasteiger partial charge < -0.3 is 4.74 Å². The molecule has 0 aromatic carbocycles. The number of hydrogen-bond donors (Lipinski definition) is 0. The van der Waals surface area contributed by atoms with Gasteiger partial charge in [0.2, 0.25) is 0 Å². The van der Waals surface area contributed by atoms with Crippen LogP contribution in [-0.2, 0) is 4.74 Å². The van der Waals surface area contributed by atoms with E-state index in [1.54, 1.807) is 0 Å². The fourth-order valence-corrected chi connectivity index (χ4v) is 0.864. The van der Waals surface area contributed by atoms with Crippen LogP contribution < -0.4 is 0 Å². The molecule has 0 unspecified atom stereocenters. The first-order valence-electron chi connectivity index (χ1n) is 4.49. The molecular formula is C8H17LiO. The third-order valence-electron chi connectivity index (χ3n) is 1.53. The van der Waals surface area contributed by atoms with Crippen LogP contribution in [0.5, 0.6) is 0 Å². The van der Waals surface area contributed by atoms with Crippen LogP contribution in [-0.4, -0.2) is 30.9 Å². The summed E-state index contributed by atoms with van der Waals surface area (Å²) in [6.07, 6.45) is 5.29. The maximum atomic E-state index is 4.94. The van der Waals surface area contributed by atoms with Gasteiger partial charge in [-0.1, -0.05) is 0 Å². The van der Waals surface area contributed by atoms with Crippen LogP contribution in [0.25, 0.3) is 0 Å². The molecule has 1 aliphatic rings. The van der Waals surface area contributed by atoms with Crippen LogP contribution >= 0.6 is 0 Å². The van der Waals surface area contributed by atoms with Gasteiger partial charge in [-0.3, -0.25) is 0 Å². The minimum absolute atomic E-state index is 1.00. The first-order valence-corrected chi connectivity index (χ1v) is 4.49. The van der Waals surface area contributed by atoms with Crippen LogP contribution in [0, 0.1) is 0 Å². The van der Waals surface area contributed by atoms with Gasteiger partial charge in [0.1, 0.15) is 0 Å². The zero-order chi connectivity index (χ0) is 7.66. The zero-order valence-corrected chi connectivity index (χ0v) is 7.36. The molecule has 1 aliphatic heterocycles. The second kappa shape index (κ2) is 9.56. The molecule has 0 bridgehead atoms. The Balaban J connectivity index is 0.000000162. The van der Waals surface area contributed by atoms with E-state index in [0.717, 1.165) is 13.2 Å². The monoisotopic (exact) mass is 136 g/mol. The summed E-state index contributed by atoms with van der Waals surface area (Å²) in [6, 6.07) is 0. The van der Waals surface area contributed by atoms with Crippen molar-refractivity contribution in [3.8, 4) is 0 Å². The van der Waals surface area contributed by atoms with Crippen molar-refractivity contribution in [2.45, 2.75) is 37.7 Å². The van der Waals surface area contributed by atoms with E-state index in [0.29, 0.717) is 0 Å². The molecule has 1 fully saturated rings. The summed E-state index contributed by atoms with van der Waals surface area (Å²) in [7, 11) is 0. The van der Waals surface area contributed by atoms with Crippen molar-refractivity contribution in [2.75, 3.05) is 13.2 Å². The van der Waals surface area contributed by atoms with Crippen LogP contribution in [0.3, 0.4) is 0 Å². The van der Waals surface area contributed by atoms with E-state index in [-0.39, 0.29) is 0 Å². The van der Waals surface area contributed by atoms with Gasteiger partial charge in [-0.05, 0) is 12.8 Å². The van der Waals surface area contributed by atoms with Gasteiger partial charge in [-0.2, -0.15) is 0 Å². The fraction of sp³-hybridized carbons (Fsp3) is 1.00. The van der Waals surface area contributed by atoms with Gasteiger partial charge in [0.15, 0.2) is 0 Å². The molecule has 0 N–H and O–H groups in total. The van der Waals surface area contributed by atoms with Crippen molar-refractivity contribution < 1.29 is 4.74 Å². The van der Waals surface area contributed by atoms with Gasteiger partial charge in [0.25, 0.3) is 0 Å². The Kier molecular flexibility index (Phi) is 10.1. The normalized spacial score (nSPS) is 16.3. The molecule has 0 aliphatic carbocycles. The minimum atomic E-state index is 1.00. The van der Waals surface area contributed by atoms with Crippen LogP contribution in [0.4, 0.5) is 0 Å². The summed E-state index contributed by atoms with van der Waals surface area (Å²) in [4.78, 5) is 0. The Morgan fingerprint density at radius 2 is 1.90 bits per heavy atom. The van der Waals surface area contributed by atoms with Gasteiger partial charge in [0.05, 0.1) is 0 Å². The zero-order valence-electron chi connectivity index (χ0n) is 7.36. The van der Waals surface area contributed by atoms with Crippen LogP contribution in [0.2, 0.25) is 5.09 Å². The molecule has 0 amide bonds. The van der Waals surface area contributed by atoms with Crippen molar-refractivity contribution in [1.29, 1.82) is 0 Å². The summed E-state index contributed by atoms with van der Waals surface area (Å²) >= 11 is 2.21. The van der Waals surface area contributed by atoms with Crippen molar-refractivity contribution >= 4 is 17.7 Å². The second-order valence-electron chi connectivity index (χ2n) is 2.67. The topological polar surface area (TPSA) is 9.23 Å². The van der Waals surface area contributed by atoms with Crippen molar-refractivity contribution in [1.82, 2.24) is 0 Å². The van der Waals surface area contributed by atoms with E-state index in [1.165, 1.54) is 30.8 Å². The number of rotatable bonds is 2. The Morgan fingerprint density at radius 3 is 2.00 bits per heavy atom. The van der Waals surface area contributed by atoms with Gasteiger partial charge in [0, 0.05) is 13.2 Å². The van der Waals surface area contributed by atoms with Gasteiger partial charge in [-0.15, -0.1) is 0 Å². The molecular weight excluding hydrogens is 119 g/mol. The average Bonchev–Trinajstić information content (AvgIpc) is 2.44. The van der Waals surface area contributed by atoms with Crippen LogP contribution in [0.1, 0.15) is 32.6 Å². The third-order valence-corrected chi connectivity index (χ3v) is 1.53. The third kappa shape index (κ3) is 8.56. The van der Waals surface area contributed by atoms with E-state index in [4.69, 9.17) is 4.74 Å². The summed E-state index contributed by atoms with van der Waals surface area (Å²) in [6.45, 7) is 4.21. The van der Waals surface area contributed by atoms with E-state index in [1.807, 2.05) is 0 Å². The quantitative estimate of drug-likeness (QED) is 0.528. The van der Waals surface area contributed by atoms with E-state index in [2.05, 4.69) is 24.6 Å². The van der Waals surface area contributed by atoms with E-state index < -0.39 is 0 Å². The summed E-state index contributed by atoms with van der Waals surface area (Å²) in [5.74, 6) is 0. The molecule has 1 rings (SSSR count). The Morgan fingerprint density at radius 1 is 1.30 bits per heavy atom. The predicted molar refractivity (Wildman–Crippen MR) is 45.5 cm³/mol. The maximum absolute atomic E-state index is 4.94. The van der Waals surface area contributed by atoms with Crippen molar-refractivity contribution in [3.63, 3.8) is 0 Å². The molecule has 0 saturated carbocycles. The molecule has 0 atom stereocenters. The summed E-state index contributed by atoms with van der Waals surface area (Å²) in [5, 5.41) is 1.34. The molecule has 10 heavy (non-hydrogen) atoms. The number of hydrogen-bond acceptors (Lipinski definition) is 1. The van der Waals surface area contributed by atoms with Gasteiger partial charge in [-0.25, -0.2) is 0 Å².